The first-order valence-electron chi connectivity index (χ1n) is 6.77. The maximum absolute atomic E-state index is 12.2. The van der Waals surface area contributed by atoms with Crippen molar-refractivity contribution in [2.45, 2.75) is 26.2 Å². The van der Waals surface area contributed by atoms with Gasteiger partial charge in [-0.05, 0) is 18.2 Å². The highest BCUT2D eigenvalue weighted by Crippen LogP contribution is 2.26. The molecule has 1 aromatic carbocycles. The van der Waals surface area contributed by atoms with Crippen molar-refractivity contribution in [2.75, 3.05) is 12.4 Å². The average Bonchev–Trinajstić information content (AvgIpc) is 2.95. The van der Waals surface area contributed by atoms with Gasteiger partial charge in [-0.2, -0.15) is 0 Å². The molecule has 6 heteroatoms. The van der Waals surface area contributed by atoms with Gasteiger partial charge >= 0.3 is 5.97 Å². The van der Waals surface area contributed by atoms with Crippen LogP contribution in [0.4, 0.5) is 5.13 Å². The molecular weight excluding hydrogens is 300 g/mol. The molecule has 0 radical (unpaired) electrons. The summed E-state index contributed by atoms with van der Waals surface area (Å²) < 4.78 is 4.65. The van der Waals surface area contributed by atoms with Crippen LogP contribution < -0.4 is 5.32 Å². The third-order valence-corrected chi connectivity index (χ3v) is 3.80. The van der Waals surface area contributed by atoms with Crippen molar-refractivity contribution >= 4 is 28.3 Å². The molecule has 5 nitrogen and oxygen atoms in total. The molecular formula is C16H18N2O3S. The van der Waals surface area contributed by atoms with E-state index in [1.165, 1.54) is 24.5 Å². The van der Waals surface area contributed by atoms with Crippen molar-refractivity contribution in [2.24, 2.45) is 0 Å². The molecule has 0 saturated heterocycles. The highest BCUT2D eigenvalue weighted by atomic mass is 32.1. The number of esters is 1. The first-order valence-corrected chi connectivity index (χ1v) is 7.65. The Kier molecular flexibility index (Phi) is 4.61. The lowest BCUT2D eigenvalue weighted by Gasteiger charge is -2.14. The quantitative estimate of drug-likeness (QED) is 0.880. The molecule has 1 heterocycles. The summed E-state index contributed by atoms with van der Waals surface area (Å²) in [4.78, 5) is 28.2. The Balaban J connectivity index is 2.16. The fraction of sp³-hybridized carbons (Fsp3) is 0.312. The van der Waals surface area contributed by atoms with Crippen LogP contribution in [0.15, 0.2) is 29.6 Å². The zero-order valence-electron chi connectivity index (χ0n) is 13.0. The second-order valence-electron chi connectivity index (χ2n) is 5.81. The molecule has 0 aliphatic carbocycles. The Morgan fingerprint density at radius 2 is 1.91 bits per heavy atom. The number of amides is 1. The maximum atomic E-state index is 12.2. The van der Waals surface area contributed by atoms with E-state index >= 15 is 0 Å². The number of thiazole rings is 1. The number of anilines is 1. The molecule has 0 unspecified atom stereocenters. The van der Waals surface area contributed by atoms with Crippen molar-refractivity contribution in [3.8, 4) is 0 Å². The zero-order chi connectivity index (χ0) is 16.3. The molecule has 1 N–H and O–H groups in total. The highest BCUT2D eigenvalue weighted by molar-refractivity contribution is 7.14. The summed E-state index contributed by atoms with van der Waals surface area (Å²) in [5.41, 5.74) is 1.58. The number of rotatable bonds is 3. The number of hydrogen-bond donors (Lipinski definition) is 1. The van der Waals surface area contributed by atoms with E-state index < -0.39 is 5.97 Å². The second-order valence-corrected chi connectivity index (χ2v) is 6.67. The normalized spacial score (nSPS) is 11.1. The molecule has 2 rings (SSSR count). The third-order valence-electron chi connectivity index (χ3n) is 3.04. The topological polar surface area (TPSA) is 68.3 Å². The fourth-order valence-corrected chi connectivity index (χ4v) is 2.68. The summed E-state index contributed by atoms with van der Waals surface area (Å²) in [6.07, 6.45) is 0. The number of aromatic nitrogens is 1. The van der Waals surface area contributed by atoms with E-state index in [0.717, 1.165) is 5.69 Å². The van der Waals surface area contributed by atoms with E-state index in [-0.39, 0.29) is 11.3 Å². The molecule has 0 spiro atoms. The molecule has 0 aliphatic rings. The van der Waals surface area contributed by atoms with E-state index in [1.807, 2.05) is 5.38 Å². The Morgan fingerprint density at radius 3 is 2.50 bits per heavy atom. The van der Waals surface area contributed by atoms with Crippen LogP contribution in [0, 0.1) is 0 Å². The SMILES string of the molecule is COC(=O)c1cccc(C(=O)Nc2nc(C(C)(C)C)cs2)c1. The van der Waals surface area contributed by atoms with Crippen molar-refractivity contribution in [1.82, 2.24) is 4.98 Å². The van der Waals surface area contributed by atoms with Crippen LogP contribution in [0.25, 0.3) is 0 Å². The summed E-state index contributed by atoms with van der Waals surface area (Å²) in [7, 11) is 1.30. The molecule has 0 saturated carbocycles. The minimum atomic E-state index is -0.473. The summed E-state index contributed by atoms with van der Waals surface area (Å²) in [5.74, 6) is -0.778. The Bertz CT molecular complexity index is 701. The van der Waals surface area contributed by atoms with Gasteiger partial charge in [-0.15, -0.1) is 11.3 Å². The first kappa shape index (κ1) is 16.2. The minimum Gasteiger partial charge on any atom is -0.465 e. The number of carbonyl (C=O) groups is 2. The smallest absolute Gasteiger partial charge is 0.337 e. The third kappa shape index (κ3) is 3.71. The number of nitrogens with one attached hydrogen (secondary N) is 1. The van der Waals surface area contributed by atoms with Gasteiger partial charge in [0, 0.05) is 16.4 Å². The van der Waals surface area contributed by atoms with E-state index in [4.69, 9.17) is 0 Å². The average molecular weight is 318 g/mol. The van der Waals surface area contributed by atoms with Crippen LogP contribution in [-0.4, -0.2) is 24.0 Å². The van der Waals surface area contributed by atoms with Crippen LogP contribution in [0.1, 0.15) is 47.2 Å². The lowest BCUT2D eigenvalue weighted by Crippen LogP contribution is -2.15. The van der Waals surface area contributed by atoms with Gasteiger partial charge in [0.05, 0.1) is 18.4 Å². The van der Waals surface area contributed by atoms with Gasteiger partial charge in [0.2, 0.25) is 0 Å². The van der Waals surface area contributed by atoms with Crippen LogP contribution in [0.3, 0.4) is 0 Å². The van der Waals surface area contributed by atoms with Crippen molar-refractivity contribution in [1.29, 1.82) is 0 Å². The van der Waals surface area contributed by atoms with E-state index in [1.54, 1.807) is 18.2 Å². The summed E-state index contributed by atoms with van der Waals surface area (Å²) in [6.45, 7) is 6.19. The van der Waals surface area contributed by atoms with Gasteiger partial charge in [0.1, 0.15) is 0 Å². The number of methoxy groups -OCH3 is 1. The maximum Gasteiger partial charge on any atom is 0.337 e. The van der Waals surface area contributed by atoms with E-state index in [2.05, 4.69) is 35.8 Å². The zero-order valence-corrected chi connectivity index (χ0v) is 13.8. The van der Waals surface area contributed by atoms with Gasteiger partial charge in [0.25, 0.3) is 5.91 Å². The van der Waals surface area contributed by atoms with Gasteiger partial charge in [-0.1, -0.05) is 26.8 Å². The van der Waals surface area contributed by atoms with Gasteiger partial charge < -0.3 is 4.74 Å². The molecule has 0 fully saturated rings. The molecule has 0 aliphatic heterocycles. The molecule has 0 atom stereocenters. The van der Waals surface area contributed by atoms with Crippen LogP contribution in [0.5, 0.6) is 0 Å². The number of nitrogens with zero attached hydrogens (tertiary/aromatic N) is 1. The lowest BCUT2D eigenvalue weighted by molar-refractivity contribution is 0.0600. The van der Waals surface area contributed by atoms with Crippen molar-refractivity contribution in [3.63, 3.8) is 0 Å². The Morgan fingerprint density at radius 1 is 1.23 bits per heavy atom. The highest BCUT2D eigenvalue weighted by Gasteiger charge is 2.18. The van der Waals surface area contributed by atoms with Crippen LogP contribution in [-0.2, 0) is 10.2 Å². The summed E-state index contributed by atoms with van der Waals surface area (Å²) >= 11 is 1.38. The predicted molar refractivity (Wildman–Crippen MR) is 86.5 cm³/mol. The lowest BCUT2D eigenvalue weighted by atomic mass is 9.93. The van der Waals surface area contributed by atoms with Gasteiger partial charge in [-0.3, -0.25) is 10.1 Å². The monoisotopic (exact) mass is 318 g/mol. The van der Waals surface area contributed by atoms with Crippen molar-refractivity contribution in [3.05, 3.63) is 46.5 Å². The minimum absolute atomic E-state index is 0.0652. The number of benzene rings is 1. The Hall–Kier alpha value is -2.21. The molecule has 116 valence electrons. The van der Waals surface area contributed by atoms with E-state index in [9.17, 15) is 9.59 Å². The first-order chi connectivity index (χ1) is 10.3. The standard InChI is InChI=1S/C16H18N2O3S/c1-16(2,3)12-9-22-15(17-12)18-13(19)10-6-5-7-11(8-10)14(20)21-4/h5-9H,1-4H3,(H,17,18,19). The molecule has 2 aromatic rings. The van der Waals surface area contributed by atoms with Gasteiger partial charge in [0.15, 0.2) is 5.13 Å². The summed E-state index contributed by atoms with van der Waals surface area (Å²) in [5, 5.41) is 5.22. The number of hydrogen-bond acceptors (Lipinski definition) is 5. The molecule has 1 amide bonds. The Labute approximate surface area is 133 Å². The summed E-state index contributed by atoms with van der Waals surface area (Å²) in [6, 6.07) is 6.38. The number of carbonyl (C=O) groups excluding carboxylic acids is 2. The van der Waals surface area contributed by atoms with Crippen molar-refractivity contribution < 1.29 is 14.3 Å². The fourth-order valence-electron chi connectivity index (χ4n) is 1.75. The van der Waals surface area contributed by atoms with Gasteiger partial charge in [-0.25, -0.2) is 9.78 Å². The molecule has 1 aromatic heterocycles. The predicted octanol–water partition coefficient (Wildman–Crippen LogP) is 3.48. The van der Waals surface area contributed by atoms with Crippen LogP contribution >= 0.6 is 11.3 Å². The van der Waals surface area contributed by atoms with E-state index in [0.29, 0.717) is 16.3 Å². The molecule has 0 bridgehead atoms. The molecule has 22 heavy (non-hydrogen) atoms. The second kappa shape index (κ2) is 6.27. The van der Waals surface area contributed by atoms with Crippen LogP contribution in [0.2, 0.25) is 0 Å². The largest absolute Gasteiger partial charge is 0.465 e. The number of ether oxygens (including phenoxy) is 1.